The molecule has 7 heteroatoms. The molecule has 2 heterocycles. The lowest BCUT2D eigenvalue weighted by Crippen LogP contribution is -2.37. The molecule has 0 spiro atoms. The van der Waals surface area contributed by atoms with Gasteiger partial charge in [0.1, 0.15) is 11.9 Å². The maximum Gasteiger partial charge on any atom is 0.121 e. The van der Waals surface area contributed by atoms with Gasteiger partial charge in [-0.1, -0.05) is 34.8 Å². The summed E-state index contributed by atoms with van der Waals surface area (Å²) in [5.41, 5.74) is 1.14. The fraction of sp³-hybridized carbons (Fsp3) is 0.286. The van der Waals surface area contributed by atoms with Crippen LogP contribution in [0.4, 0.5) is 0 Å². The Kier molecular flexibility index (Phi) is 7.30. The van der Waals surface area contributed by atoms with E-state index in [2.05, 4.69) is 9.88 Å². The van der Waals surface area contributed by atoms with E-state index in [4.69, 9.17) is 39.5 Å². The zero-order valence-corrected chi connectivity index (χ0v) is 18.2. The van der Waals surface area contributed by atoms with Crippen molar-refractivity contribution in [3.05, 3.63) is 69.4 Å². The van der Waals surface area contributed by atoms with Gasteiger partial charge in [-0.2, -0.15) is 0 Å². The first-order valence-electron chi connectivity index (χ1n) is 8.94. The quantitative estimate of drug-likeness (QED) is 0.437. The lowest BCUT2D eigenvalue weighted by Gasteiger charge is -2.32. The van der Waals surface area contributed by atoms with Crippen molar-refractivity contribution in [2.45, 2.75) is 25.5 Å². The van der Waals surface area contributed by atoms with Crippen molar-refractivity contribution in [3.8, 4) is 5.75 Å². The Morgan fingerprint density at radius 3 is 2.43 bits per heavy atom. The predicted octanol–water partition coefficient (Wildman–Crippen LogP) is 6.66. The molecule has 0 N–H and O–H groups in total. The lowest BCUT2D eigenvalue weighted by atomic mass is 10.1. The largest absolute Gasteiger partial charge is 0.490 e. The summed E-state index contributed by atoms with van der Waals surface area (Å²) < 4.78 is 6.21. The molecule has 3 aromatic rings. The van der Waals surface area contributed by atoms with Gasteiger partial charge < -0.3 is 4.74 Å². The van der Waals surface area contributed by atoms with Gasteiger partial charge in [-0.15, -0.1) is 12.4 Å². The number of ether oxygens (including phenoxy) is 1. The number of benzene rings is 2. The fourth-order valence-electron chi connectivity index (χ4n) is 3.53. The second-order valence-electron chi connectivity index (χ2n) is 6.87. The first kappa shape index (κ1) is 21.5. The van der Waals surface area contributed by atoms with Gasteiger partial charge in [-0.05, 0) is 60.2 Å². The SMILES string of the molecule is Cl.Clc1cc(Cl)cc(CN2CCC(Oc3cc(Cl)c4cnccc4c3)CC2)c1. The topological polar surface area (TPSA) is 25.4 Å². The Hall–Kier alpha value is -1.23. The maximum atomic E-state index is 6.37. The van der Waals surface area contributed by atoms with Crippen molar-refractivity contribution < 1.29 is 4.74 Å². The third-order valence-electron chi connectivity index (χ3n) is 4.84. The van der Waals surface area contributed by atoms with Gasteiger partial charge in [-0.25, -0.2) is 0 Å². The van der Waals surface area contributed by atoms with E-state index in [-0.39, 0.29) is 18.5 Å². The molecule has 3 nitrogen and oxygen atoms in total. The molecule has 0 unspecified atom stereocenters. The molecule has 0 bridgehead atoms. The summed E-state index contributed by atoms with van der Waals surface area (Å²) in [6, 6.07) is 11.6. The second kappa shape index (κ2) is 9.51. The van der Waals surface area contributed by atoms with Gasteiger partial charge >= 0.3 is 0 Å². The smallest absolute Gasteiger partial charge is 0.121 e. The highest BCUT2D eigenvalue weighted by molar-refractivity contribution is 6.35. The van der Waals surface area contributed by atoms with Gasteiger partial charge in [0.25, 0.3) is 0 Å². The molecular formula is C21H20Cl4N2O. The van der Waals surface area contributed by atoms with E-state index in [1.54, 1.807) is 18.5 Å². The van der Waals surface area contributed by atoms with Crippen molar-refractivity contribution in [3.63, 3.8) is 0 Å². The highest BCUT2D eigenvalue weighted by atomic mass is 35.5. The zero-order chi connectivity index (χ0) is 18.8. The number of hydrogen-bond donors (Lipinski definition) is 0. The van der Waals surface area contributed by atoms with Crippen LogP contribution in [0.3, 0.4) is 0 Å². The minimum absolute atomic E-state index is 0. The highest BCUT2D eigenvalue weighted by Gasteiger charge is 2.21. The van der Waals surface area contributed by atoms with E-state index in [1.165, 1.54) is 0 Å². The normalized spacial score (nSPS) is 15.4. The van der Waals surface area contributed by atoms with Crippen LogP contribution < -0.4 is 4.74 Å². The number of piperidine rings is 1. The Labute approximate surface area is 186 Å². The summed E-state index contributed by atoms with van der Waals surface area (Å²) >= 11 is 18.6. The standard InChI is InChI=1S/C21H19Cl3N2O.ClH/c22-16-7-14(8-17(23)10-16)13-26-5-2-18(3-6-26)27-19-9-15-1-4-25-12-20(15)21(24)11-19;/h1,4,7-12,18H,2-3,5-6,13H2;1H. The molecule has 1 aromatic heterocycles. The van der Waals surface area contributed by atoms with Gasteiger partial charge in [0, 0.05) is 47.5 Å². The number of nitrogens with zero attached hydrogens (tertiary/aromatic N) is 2. The van der Waals surface area contributed by atoms with Gasteiger partial charge in [0.15, 0.2) is 0 Å². The molecular weight excluding hydrogens is 438 g/mol. The molecule has 148 valence electrons. The molecule has 0 atom stereocenters. The summed E-state index contributed by atoms with van der Waals surface area (Å²) in [5, 5.41) is 4.02. The van der Waals surface area contributed by atoms with E-state index >= 15 is 0 Å². The third-order valence-corrected chi connectivity index (χ3v) is 5.59. The fourth-order valence-corrected chi connectivity index (χ4v) is 4.37. The van der Waals surface area contributed by atoms with Crippen LogP contribution in [0.15, 0.2) is 48.8 Å². The van der Waals surface area contributed by atoms with Gasteiger partial charge in [-0.3, -0.25) is 9.88 Å². The minimum Gasteiger partial charge on any atom is -0.490 e. The summed E-state index contributed by atoms with van der Waals surface area (Å²) in [6.07, 6.45) is 5.69. The van der Waals surface area contributed by atoms with E-state index in [0.29, 0.717) is 15.1 Å². The van der Waals surface area contributed by atoms with Crippen LogP contribution in [-0.2, 0) is 6.54 Å². The second-order valence-corrected chi connectivity index (χ2v) is 8.15. The van der Waals surface area contributed by atoms with Crippen LogP contribution in [0.1, 0.15) is 18.4 Å². The summed E-state index contributed by atoms with van der Waals surface area (Å²) in [5.74, 6) is 0.818. The van der Waals surface area contributed by atoms with E-state index in [9.17, 15) is 0 Å². The molecule has 0 aliphatic carbocycles. The van der Waals surface area contributed by atoms with E-state index in [1.807, 2.05) is 30.3 Å². The average Bonchev–Trinajstić information content (AvgIpc) is 2.63. The number of pyridine rings is 1. The first-order chi connectivity index (χ1) is 13.1. The molecule has 0 amide bonds. The molecule has 1 aliphatic rings. The minimum atomic E-state index is 0. The molecule has 4 rings (SSSR count). The lowest BCUT2D eigenvalue weighted by molar-refractivity contribution is 0.0969. The van der Waals surface area contributed by atoms with Crippen molar-refractivity contribution in [1.82, 2.24) is 9.88 Å². The molecule has 1 aliphatic heterocycles. The zero-order valence-electron chi connectivity index (χ0n) is 15.1. The van der Waals surface area contributed by atoms with Crippen LogP contribution in [0.25, 0.3) is 10.8 Å². The average molecular weight is 458 g/mol. The summed E-state index contributed by atoms with van der Waals surface area (Å²) in [7, 11) is 0. The monoisotopic (exact) mass is 456 g/mol. The summed E-state index contributed by atoms with van der Waals surface area (Å²) in [4.78, 5) is 6.53. The Morgan fingerprint density at radius 1 is 1.00 bits per heavy atom. The number of aromatic nitrogens is 1. The van der Waals surface area contributed by atoms with Gasteiger partial charge in [0.05, 0.1) is 5.02 Å². The van der Waals surface area contributed by atoms with Crippen LogP contribution in [0.5, 0.6) is 5.75 Å². The molecule has 0 radical (unpaired) electrons. The van der Waals surface area contributed by atoms with Crippen LogP contribution in [-0.4, -0.2) is 29.1 Å². The van der Waals surface area contributed by atoms with E-state index < -0.39 is 0 Å². The number of halogens is 4. The molecule has 2 aromatic carbocycles. The van der Waals surface area contributed by atoms with Crippen LogP contribution in [0, 0.1) is 0 Å². The van der Waals surface area contributed by atoms with E-state index in [0.717, 1.165) is 54.6 Å². The molecule has 28 heavy (non-hydrogen) atoms. The first-order valence-corrected chi connectivity index (χ1v) is 10.1. The molecule has 1 saturated heterocycles. The number of likely N-dealkylation sites (tertiary alicyclic amines) is 1. The number of fused-ring (bicyclic) bond motifs is 1. The highest BCUT2D eigenvalue weighted by Crippen LogP contribution is 2.30. The van der Waals surface area contributed by atoms with Crippen molar-refractivity contribution in [2.24, 2.45) is 0 Å². The predicted molar refractivity (Wildman–Crippen MR) is 119 cm³/mol. The Morgan fingerprint density at radius 2 is 1.71 bits per heavy atom. The third kappa shape index (κ3) is 5.22. The molecule has 0 saturated carbocycles. The number of rotatable bonds is 4. The van der Waals surface area contributed by atoms with Gasteiger partial charge in [0.2, 0.25) is 0 Å². The van der Waals surface area contributed by atoms with Crippen LogP contribution >= 0.6 is 47.2 Å². The van der Waals surface area contributed by atoms with Crippen molar-refractivity contribution in [2.75, 3.05) is 13.1 Å². The van der Waals surface area contributed by atoms with Crippen molar-refractivity contribution >= 4 is 58.0 Å². The maximum absolute atomic E-state index is 6.37. The Bertz CT molecular complexity index is 938. The number of hydrogen-bond acceptors (Lipinski definition) is 3. The van der Waals surface area contributed by atoms with Crippen LogP contribution in [0.2, 0.25) is 15.1 Å². The summed E-state index contributed by atoms with van der Waals surface area (Å²) in [6.45, 7) is 2.79. The van der Waals surface area contributed by atoms with Crippen molar-refractivity contribution in [1.29, 1.82) is 0 Å². The Balaban J connectivity index is 0.00000225. The molecule has 1 fully saturated rings.